The molecular weight excluding hydrogens is 325 g/mol. The average molecular weight is 342 g/mol. The smallest absolute Gasteiger partial charge is 0.379 e. The van der Waals surface area contributed by atoms with E-state index in [2.05, 4.69) is 0 Å². The maximum atomic E-state index is 13.3. The third-order valence-corrected chi connectivity index (χ3v) is 4.80. The zero-order valence-corrected chi connectivity index (χ0v) is 14.1. The molecule has 3 nitrogen and oxygen atoms in total. The summed E-state index contributed by atoms with van der Waals surface area (Å²) in [5.74, 6) is -3.90. The van der Waals surface area contributed by atoms with Crippen molar-refractivity contribution >= 4 is 9.53 Å². The molecule has 0 amide bonds. The van der Waals surface area contributed by atoms with Crippen molar-refractivity contribution in [1.82, 2.24) is 0 Å². The second-order valence-corrected chi connectivity index (χ2v) is 6.71. The van der Waals surface area contributed by atoms with E-state index in [1.54, 1.807) is 24.3 Å². The number of benzene rings is 2. The summed E-state index contributed by atoms with van der Waals surface area (Å²) in [5, 5.41) is 0. The summed E-state index contributed by atoms with van der Waals surface area (Å²) in [6.45, 7) is 1.85. The lowest BCUT2D eigenvalue weighted by Crippen LogP contribution is -2.25. The lowest BCUT2D eigenvalue weighted by Gasteiger charge is -2.18. The molecule has 0 saturated heterocycles. The highest BCUT2D eigenvalue weighted by Gasteiger charge is 2.17. The van der Waals surface area contributed by atoms with E-state index in [1.807, 2.05) is 6.92 Å². The summed E-state index contributed by atoms with van der Waals surface area (Å²) in [6.07, 6.45) is -0.248. The molecule has 0 aliphatic heterocycles. The molecule has 1 atom stereocenters. The maximum absolute atomic E-state index is 13.3. The molecule has 2 aromatic carbocycles. The minimum atomic E-state index is -2.15. The van der Waals surface area contributed by atoms with Crippen molar-refractivity contribution in [1.29, 1.82) is 0 Å². The van der Waals surface area contributed by atoms with Gasteiger partial charge < -0.3 is 13.3 Å². The van der Waals surface area contributed by atoms with Crippen LogP contribution in [0.15, 0.2) is 36.4 Å². The third-order valence-electron chi connectivity index (χ3n) is 3.40. The Bertz CT molecular complexity index is 637. The Balaban J connectivity index is 2.19. The Morgan fingerprint density at radius 3 is 1.87 bits per heavy atom. The Hall–Kier alpha value is -1.67. The summed E-state index contributed by atoms with van der Waals surface area (Å²) < 4.78 is 55.4. The summed E-state index contributed by atoms with van der Waals surface area (Å²) >= 11 is 0. The van der Waals surface area contributed by atoms with Crippen LogP contribution in [0.25, 0.3) is 11.1 Å². The van der Waals surface area contributed by atoms with Crippen molar-refractivity contribution < 1.29 is 26.4 Å². The SMILES string of the molecule is CO[SiH](OC)OC(C)c1ccc(-c2cc(F)c(F)c(F)c2)cc1. The molecule has 0 spiro atoms. The molecule has 7 heteroatoms. The summed E-state index contributed by atoms with van der Waals surface area (Å²) in [4.78, 5) is 0. The van der Waals surface area contributed by atoms with Gasteiger partial charge in [0.05, 0.1) is 6.10 Å². The van der Waals surface area contributed by atoms with Crippen molar-refractivity contribution in [3.63, 3.8) is 0 Å². The number of hydrogen-bond donors (Lipinski definition) is 0. The molecule has 0 fully saturated rings. The zero-order valence-electron chi connectivity index (χ0n) is 13.0. The first kappa shape index (κ1) is 17.7. The van der Waals surface area contributed by atoms with Crippen LogP contribution in [0.4, 0.5) is 13.2 Å². The molecular formula is C16H17F3O3Si. The molecule has 23 heavy (non-hydrogen) atoms. The van der Waals surface area contributed by atoms with Crippen LogP contribution in [-0.2, 0) is 13.3 Å². The van der Waals surface area contributed by atoms with Gasteiger partial charge in [0.1, 0.15) is 0 Å². The molecule has 2 rings (SSSR count). The molecule has 0 aromatic heterocycles. The van der Waals surface area contributed by atoms with Crippen molar-refractivity contribution in [2.75, 3.05) is 14.2 Å². The molecule has 0 radical (unpaired) electrons. The fourth-order valence-corrected chi connectivity index (χ4v) is 3.03. The van der Waals surface area contributed by atoms with Gasteiger partial charge in [0.25, 0.3) is 0 Å². The predicted octanol–water partition coefficient (Wildman–Crippen LogP) is 3.86. The third kappa shape index (κ3) is 4.20. The standard InChI is InChI=1S/C16H17F3O3Si/c1-10(22-23(20-2)21-3)11-4-6-12(7-5-11)13-8-14(17)16(19)15(18)9-13/h4-10,23H,1-3H3. The van der Waals surface area contributed by atoms with Gasteiger partial charge in [-0.05, 0) is 35.7 Å². The first-order valence-electron chi connectivity index (χ1n) is 6.92. The van der Waals surface area contributed by atoms with Crippen LogP contribution >= 0.6 is 0 Å². The summed E-state index contributed by atoms with van der Waals surface area (Å²) in [6, 6.07) is 8.86. The fraction of sp³-hybridized carbons (Fsp3) is 0.250. The number of rotatable bonds is 6. The van der Waals surface area contributed by atoms with Crippen LogP contribution in [0.5, 0.6) is 0 Å². The van der Waals surface area contributed by atoms with Crippen molar-refractivity contribution in [3.8, 4) is 11.1 Å². The average Bonchev–Trinajstić information content (AvgIpc) is 2.57. The first-order chi connectivity index (χ1) is 11.0. The molecule has 2 aromatic rings. The van der Waals surface area contributed by atoms with E-state index in [-0.39, 0.29) is 11.7 Å². The Morgan fingerprint density at radius 1 is 0.870 bits per heavy atom. The van der Waals surface area contributed by atoms with Crippen LogP contribution < -0.4 is 0 Å². The number of hydrogen-bond acceptors (Lipinski definition) is 3. The van der Waals surface area contributed by atoms with E-state index in [1.165, 1.54) is 14.2 Å². The lowest BCUT2D eigenvalue weighted by molar-refractivity contribution is 0.0951. The molecule has 0 aliphatic rings. The minimum Gasteiger partial charge on any atom is -0.379 e. The van der Waals surface area contributed by atoms with Gasteiger partial charge in [-0.3, -0.25) is 0 Å². The van der Waals surface area contributed by atoms with Gasteiger partial charge >= 0.3 is 9.53 Å². The Morgan fingerprint density at radius 2 is 1.39 bits per heavy atom. The molecule has 1 unspecified atom stereocenters. The maximum Gasteiger partial charge on any atom is 0.484 e. The lowest BCUT2D eigenvalue weighted by atomic mass is 10.0. The summed E-state index contributed by atoms with van der Waals surface area (Å²) in [7, 11) is 0.892. The second-order valence-electron chi connectivity index (χ2n) is 4.91. The van der Waals surface area contributed by atoms with Gasteiger partial charge in [-0.1, -0.05) is 24.3 Å². The molecule has 0 heterocycles. The molecule has 124 valence electrons. The largest absolute Gasteiger partial charge is 0.484 e. The second kappa shape index (κ2) is 7.74. The van der Waals surface area contributed by atoms with Gasteiger partial charge in [0, 0.05) is 14.2 Å². The van der Waals surface area contributed by atoms with Crippen molar-refractivity contribution in [2.24, 2.45) is 0 Å². The van der Waals surface area contributed by atoms with Gasteiger partial charge in [-0.2, -0.15) is 0 Å². The van der Waals surface area contributed by atoms with E-state index >= 15 is 0 Å². The van der Waals surface area contributed by atoms with E-state index in [0.717, 1.165) is 17.7 Å². The Kier molecular flexibility index (Phi) is 5.95. The molecule has 0 aliphatic carbocycles. The topological polar surface area (TPSA) is 27.7 Å². The molecule has 0 saturated carbocycles. The van der Waals surface area contributed by atoms with Crippen LogP contribution in [0.2, 0.25) is 0 Å². The van der Waals surface area contributed by atoms with E-state index < -0.39 is 27.0 Å². The Labute approximate surface area is 134 Å². The molecule has 0 N–H and O–H groups in total. The van der Waals surface area contributed by atoms with Crippen molar-refractivity contribution in [3.05, 3.63) is 59.4 Å². The highest BCUT2D eigenvalue weighted by molar-refractivity contribution is 6.36. The monoisotopic (exact) mass is 342 g/mol. The van der Waals surface area contributed by atoms with Crippen LogP contribution in [0.1, 0.15) is 18.6 Å². The first-order valence-corrected chi connectivity index (χ1v) is 8.33. The predicted molar refractivity (Wildman–Crippen MR) is 82.4 cm³/mol. The highest BCUT2D eigenvalue weighted by Crippen LogP contribution is 2.26. The van der Waals surface area contributed by atoms with E-state index in [9.17, 15) is 13.2 Å². The number of halogens is 3. The fourth-order valence-electron chi connectivity index (χ4n) is 2.12. The van der Waals surface area contributed by atoms with Gasteiger partial charge in [0.2, 0.25) is 0 Å². The van der Waals surface area contributed by atoms with Crippen LogP contribution in [0.3, 0.4) is 0 Å². The summed E-state index contributed by atoms with van der Waals surface area (Å²) in [5.41, 5.74) is 1.71. The van der Waals surface area contributed by atoms with Gasteiger partial charge in [-0.25, -0.2) is 13.2 Å². The minimum absolute atomic E-state index is 0.248. The normalized spacial score (nSPS) is 12.7. The quantitative estimate of drug-likeness (QED) is 0.589. The van der Waals surface area contributed by atoms with Crippen LogP contribution in [0, 0.1) is 17.5 Å². The zero-order chi connectivity index (χ0) is 17.0. The van der Waals surface area contributed by atoms with E-state index in [4.69, 9.17) is 13.3 Å². The van der Waals surface area contributed by atoms with Gasteiger partial charge in [-0.15, -0.1) is 0 Å². The molecule has 0 bridgehead atoms. The van der Waals surface area contributed by atoms with Crippen molar-refractivity contribution in [2.45, 2.75) is 13.0 Å². The van der Waals surface area contributed by atoms with Crippen LogP contribution in [-0.4, -0.2) is 23.7 Å². The highest BCUT2D eigenvalue weighted by atomic mass is 28.3. The van der Waals surface area contributed by atoms with Gasteiger partial charge in [0.15, 0.2) is 17.5 Å². The van der Waals surface area contributed by atoms with E-state index in [0.29, 0.717) is 5.56 Å².